The molecule has 1 amide bonds. The summed E-state index contributed by atoms with van der Waals surface area (Å²) in [6, 6.07) is 22.3. The van der Waals surface area contributed by atoms with E-state index in [-0.39, 0.29) is 18.3 Å². The molecule has 0 bridgehead atoms. The second kappa shape index (κ2) is 10.1. The molecule has 0 aliphatic rings. The lowest BCUT2D eigenvalue weighted by atomic mass is 9.92. The Morgan fingerprint density at radius 3 is 2.53 bits per heavy atom. The van der Waals surface area contributed by atoms with Gasteiger partial charge in [-0.1, -0.05) is 60.7 Å². The normalized spacial score (nSPS) is 12.0. The van der Waals surface area contributed by atoms with Gasteiger partial charge in [-0.05, 0) is 47.7 Å². The van der Waals surface area contributed by atoms with Gasteiger partial charge in [-0.25, -0.2) is 0 Å². The number of aromatic amines is 1. The Morgan fingerprint density at radius 2 is 1.69 bits per heavy atom. The minimum absolute atomic E-state index is 0.107. The van der Waals surface area contributed by atoms with Gasteiger partial charge < -0.3 is 15.0 Å². The fourth-order valence-corrected chi connectivity index (χ4v) is 4.21. The molecule has 1 unspecified atom stereocenters. The topological polar surface area (TPSA) is 71.2 Å². The molecule has 0 saturated carbocycles. The standard InChI is InChI=1S/C27H28N2O3/c1-2-32-27(31)22(16-20-10-7-9-19-8-3-4-11-23(19)20)17-26(30)28-15-14-21-18-29-25-13-6-5-12-24(21)25/h3-13,18,22,29H,2,14-17H2,1H3,(H,28,30). The van der Waals surface area contributed by atoms with Crippen molar-refractivity contribution in [3.8, 4) is 0 Å². The van der Waals surface area contributed by atoms with E-state index in [9.17, 15) is 9.59 Å². The second-order valence-electron chi connectivity index (χ2n) is 7.95. The van der Waals surface area contributed by atoms with E-state index in [2.05, 4.69) is 28.5 Å². The molecule has 4 rings (SSSR count). The molecule has 4 aromatic rings. The maximum absolute atomic E-state index is 12.7. The Balaban J connectivity index is 1.40. The molecule has 0 saturated heterocycles. The number of benzene rings is 3. The van der Waals surface area contributed by atoms with E-state index in [0.717, 1.165) is 28.3 Å². The van der Waals surface area contributed by atoms with Gasteiger partial charge in [-0.2, -0.15) is 0 Å². The van der Waals surface area contributed by atoms with Crippen LogP contribution in [0.4, 0.5) is 0 Å². The van der Waals surface area contributed by atoms with Crippen molar-refractivity contribution in [2.24, 2.45) is 5.92 Å². The summed E-state index contributed by atoms with van der Waals surface area (Å²) < 4.78 is 5.28. The van der Waals surface area contributed by atoms with Gasteiger partial charge in [0.1, 0.15) is 0 Å². The van der Waals surface area contributed by atoms with Crippen LogP contribution >= 0.6 is 0 Å². The monoisotopic (exact) mass is 428 g/mol. The average Bonchev–Trinajstić information content (AvgIpc) is 3.22. The number of amides is 1. The Labute approximate surface area is 187 Å². The van der Waals surface area contributed by atoms with Gasteiger partial charge in [0.05, 0.1) is 12.5 Å². The van der Waals surface area contributed by atoms with Gasteiger partial charge >= 0.3 is 5.97 Å². The Hall–Kier alpha value is -3.60. The third kappa shape index (κ3) is 4.99. The zero-order valence-electron chi connectivity index (χ0n) is 18.3. The van der Waals surface area contributed by atoms with Crippen molar-refractivity contribution in [2.75, 3.05) is 13.2 Å². The molecule has 0 spiro atoms. The molecule has 0 aliphatic heterocycles. The number of esters is 1. The van der Waals surface area contributed by atoms with Crippen LogP contribution < -0.4 is 5.32 Å². The van der Waals surface area contributed by atoms with Crippen LogP contribution in [0, 0.1) is 5.92 Å². The van der Waals surface area contributed by atoms with E-state index in [4.69, 9.17) is 4.74 Å². The molecular weight excluding hydrogens is 400 g/mol. The van der Waals surface area contributed by atoms with Crippen molar-refractivity contribution in [3.63, 3.8) is 0 Å². The Morgan fingerprint density at radius 1 is 0.938 bits per heavy atom. The average molecular weight is 429 g/mol. The number of nitrogens with one attached hydrogen (secondary N) is 2. The van der Waals surface area contributed by atoms with E-state index in [1.165, 1.54) is 10.9 Å². The first-order valence-corrected chi connectivity index (χ1v) is 11.1. The predicted octanol–water partition coefficient (Wildman–Crippen LogP) is 4.79. The van der Waals surface area contributed by atoms with Gasteiger partial charge in [-0.15, -0.1) is 0 Å². The minimum atomic E-state index is -0.520. The SMILES string of the molecule is CCOC(=O)C(CC(=O)NCCc1c[nH]c2ccccc12)Cc1cccc2ccccc12. The summed E-state index contributed by atoms with van der Waals surface area (Å²) in [7, 11) is 0. The maximum atomic E-state index is 12.7. The van der Waals surface area contributed by atoms with Gasteiger partial charge in [0.2, 0.25) is 5.91 Å². The summed E-state index contributed by atoms with van der Waals surface area (Å²) >= 11 is 0. The molecule has 2 N–H and O–H groups in total. The maximum Gasteiger partial charge on any atom is 0.309 e. The molecule has 0 aliphatic carbocycles. The molecule has 32 heavy (non-hydrogen) atoms. The highest BCUT2D eigenvalue weighted by molar-refractivity contribution is 5.88. The highest BCUT2D eigenvalue weighted by Gasteiger charge is 2.24. The number of H-pyrrole nitrogens is 1. The van der Waals surface area contributed by atoms with Crippen LogP contribution in [0.15, 0.2) is 72.9 Å². The predicted molar refractivity (Wildman–Crippen MR) is 127 cm³/mol. The summed E-state index contributed by atoms with van der Waals surface area (Å²) in [5.74, 6) is -0.982. The smallest absolute Gasteiger partial charge is 0.309 e. The van der Waals surface area contributed by atoms with E-state index in [0.29, 0.717) is 19.6 Å². The molecule has 1 aromatic heterocycles. The summed E-state index contributed by atoms with van der Waals surface area (Å²) in [6.45, 7) is 2.60. The fraction of sp³-hybridized carbons (Fsp3) is 0.259. The van der Waals surface area contributed by atoms with Crippen LogP contribution in [-0.4, -0.2) is 30.0 Å². The first-order chi connectivity index (χ1) is 15.7. The molecule has 5 heteroatoms. The highest BCUT2D eigenvalue weighted by Crippen LogP contribution is 2.23. The van der Waals surface area contributed by atoms with Gasteiger partial charge in [0, 0.05) is 30.1 Å². The number of ether oxygens (including phenoxy) is 1. The number of hydrogen-bond acceptors (Lipinski definition) is 3. The zero-order valence-corrected chi connectivity index (χ0v) is 18.3. The number of fused-ring (bicyclic) bond motifs is 2. The third-order valence-electron chi connectivity index (χ3n) is 5.79. The van der Waals surface area contributed by atoms with Crippen LogP contribution in [0.25, 0.3) is 21.7 Å². The Kier molecular flexibility index (Phi) is 6.85. The zero-order chi connectivity index (χ0) is 22.3. The van der Waals surface area contributed by atoms with Crippen molar-refractivity contribution in [3.05, 3.63) is 84.1 Å². The molecule has 0 fully saturated rings. The van der Waals surface area contributed by atoms with Crippen molar-refractivity contribution in [1.82, 2.24) is 10.3 Å². The van der Waals surface area contributed by atoms with Crippen LogP contribution in [0.2, 0.25) is 0 Å². The summed E-state index contributed by atoms with van der Waals surface area (Å²) in [5.41, 5.74) is 3.30. The first-order valence-electron chi connectivity index (χ1n) is 11.1. The van der Waals surface area contributed by atoms with Crippen molar-refractivity contribution in [2.45, 2.75) is 26.2 Å². The van der Waals surface area contributed by atoms with E-state index >= 15 is 0 Å². The molecule has 164 valence electrons. The number of para-hydroxylation sites is 1. The van der Waals surface area contributed by atoms with Crippen molar-refractivity contribution < 1.29 is 14.3 Å². The molecule has 1 atom stereocenters. The molecule has 0 radical (unpaired) electrons. The van der Waals surface area contributed by atoms with Crippen LogP contribution in [-0.2, 0) is 27.2 Å². The van der Waals surface area contributed by atoms with Crippen molar-refractivity contribution >= 4 is 33.6 Å². The quantitative estimate of drug-likeness (QED) is 0.377. The summed E-state index contributed by atoms with van der Waals surface area (Å²) in [4.78, 5) is 28.6. The molecule has 5 nitrogen and oxygen atoms in total. The van der Waals surface area contributed by atoms with Gasteiger partial charge in [0.15, 0.2) is 0 Å². The fourth-order valence-electron chi connectivity index (χ4n) is 4.21. The lowest BCUT2D eigenvalue weighted by Crippen LogP contribution is -2.31. The first kappa shape index (κ1) is 21.6. The number of carbonyl (C=O) groups excluding carboxylic acids is 2. The molecule has 1 heterocycles. The minimum Gasteiger partial charge on any atom is -0.466 e. The number of rotatable bonds is 9. The third-order valence-corrected chi connectivity index (χ3v) is 5.79. The van der Waals surface area contributed by atoms with E-state index in [1.807, 2.05) is 54.7 Å². The summed E-state index contributed by atoms with van der Waals surface area (Å²) in [6.07, 6.45) is 3.29. The van der Waals surface area contributed by atoms with Crippen LogP contribution in [0.3, 0.4) is 0 Å². The van der Waals surface area contributed by atoms with Gasteiger partial charge in [-0.3, -0.25) is 9.59 Å². The van der Waals surface area contributed by atoms with Crippen LogP contribution in [0.1, 0.15) is 24.5 Å². The second-order valence-corrected chi connectivity index (χ2v) is 7.95. The Bertz CT molecular complexity index is 1220. The molecule has 3 aromatic carbocycles. The van der Waals surface area contributed by atoms with E-state index in [1.54, 1.807) is 6.92 Å². The van der Waals surface area contributed by atoms with Gasteiger partial charge in [0.25, 0.3) is 0 Å². The highest BCUT2D eigenvalue weighted by atomic mass is 16.5. The molecular formula is C27H28N2O3. The van der Waals surface area contributed by atoms with Crippen LogP contribution in [0.5, 0.6) is 0 Å². The lowest BCUT2D eigenvalue weighted by molar-refractivity contribution is -0.149. The van der Waals surface area contributed by atoms with E-state index < -0.39 is 5.92 Å². The number of carbonyl (C=O) groups is 2. The largest absolute Gasteiger partial charge is 0.466 e. The van der Waals surface area contributed by atoms with Crippen molar-refractivity contribution in [1.29, 1.82) is 0 Å². The lowest BCUT2D eigenvalue weighted by Gasteiger charge is -2.17. The summed E-state index contributed by atoms with van der Waals surface area (Å²) in [5, 5.41) is 6.37. The number of aromatic nitrogens is 1. The number of hydrogen-bond donors (Lipinski definition) is 2.